The van der Waals surface area contributed by atoms with Crippen LogP contribution in [-0.4, -0.2) is 37.3 Å². The van der Waals surface area contributed by atoms with Gasteiger partial charge in [-0.2, -0.15) is 8.78 Å². The van der Waals surface area contributed by atoms with E-state index in [4.69, 9.17) is 4.42 Å². The van der Waals surface area contributed by atoms with Gasteiger partial charge in [-0.1, -0.05) is 26.0 Å². The summed E-state index contributed by atoms with van der Waals surface area (Å²) >= 11 is 0. The highest BCUT2D eigenvalue weighted by Gasteiger charge is 2.11. The molecule has 0 amide bonds. The molecule has 2 aromatic rings. The fourth-order valence-electron chi connectivity index (χ4n) is 2.39. The second kappa shape index (κ2) is 11.3. The topological polar surface area (TPSA) is 79.0 Å². The first-order valence-electron chi connectivity index (χ1n) is 9.21. The summed E-state index contributed by atoms with van der Waals surface area (Å²) in [7, 11) is 0. The Morgan fingerprint density at radius 1 is 1.18 bits per heavy atom. The van der Waals surface area contributed by atoms with E-state index in [9.17, 15) is 13.9 Å². The lowest BCUT2D eigenvalue weighted by Gasteiger charge is -2.17. The maximum Gasteiger partial charge on any atom is 0.387 e. The number of benzene rings is 1. The molecule has 0 aliphatic heterocycles. The van der Waals surface area contributed by atoms with Crippen LogP contribution in [0.25, 0.3) is 0 Å². The molecule has 1 atom stereocenters. The molecule has 0 aliphatic rings. The average molecular weight is 395 g/mol. The maximum absolute atomic E-state index is 12.2. The van der Waals surface area contributed by atoms with E-state index in [1.165, 1.54) is 12.1 Å². The predicted molar refractivity (Wildman–Crippen MR) is 104 cm³/mol. The molecule has 6 nitrogen and oxygen atoms in total. The third-order valence-corrected chi connectivity index (χ3v) is 3.81. The maximum atomic E-state index is 12.2. The van der Waals surface area contributed by atoms with E-state index < -0.39 is 12.7 Å². The van der Waals surface area contributed by atoms with Gasteiger partial charge in [0.2, 0.25) is 0 Å². The molecule has 0 spiro atoms. The number of aliphatic hydroxyl groups is 1. The summed E-state index contributed by atoms with van der Waals surface area (Å²) in [6.07, 6.45) is 1.52. The Morgan fingerprint density at radius 3 is 2.54 bits per heavy atom. The number of nitrogens with one attached hydrogen (secondary N) is 2. The highest BCUT2D eigenvalue weighted by Crippen LogP contribution is 2.19. The van der Waals surface area contributed by atoms with E-state index in [0.29, 0.717) is 37.0 Å². The molecule has 1 aromatic heterocycles. The molecule has 28 heavy (non-hydrogen) atoms. The van der Waals surface area contributed by atoms with Gasteiger partial charge < -0.3 is 24.9 Å². The lowest BCUT2D eigenvalue weighted by atomic mass is 10.1. The van der Waals surface area contributed by atoms with E-state index >= 15 is 0 Å². The number of ether oxygens (including phenoxy) is 1. The van der Waals surface area contributed by atoms with Crippen LogP contribution in [0, 0.1) is 5.92 Å². The molecule has 0 saturated heterocycles. The van der Waals surface area contributed by atoms with Gasteiger partial charge in [0.25, 0.3) is 0 Å². The zero-order valence-electron chi connectivity index (χ0n) is 16.1. The molecule has 3 N–H and O–H groups in total. The lowest BCUT2D eigenvalue weighted by molar-refractivity contribution is -0.0498. The third kappa shape index (κ3) is 7.96. The van der Waals surface area contributed by atoms with Crippen molar-refractivity contribution in [3.05, 3.63) is 54.0 Å². The molecule has 0 fully saturated rings. The number of halogens is 2. The molecule has 1 aromatic carbocycles. The second-order valence-corrected chi connectivity index (χ2v) is 6.68. The van der Waals surface area contributed by atoms with Crippen molar-refractivity contribution in [2.45, 2.75) is 33.0 Å². The lowest BCUT2D eigenvalue weighted by Crippen LogP contribution is -2.40. The van der Waals surface area contributed by atoms with Crippen LogP contribution in [0.4, 0.5) is 8.78 Å². The largest absolute Gasteiger partial charge is 0.469 e. The van der Waals surface area contributed by atoms with Crippen molar-refractivity contribution in [2.24, 2.45) is 10.9 Å². The number of hydrogen-bond acceptors (Lipinski definition) is 4. The Morgan fingerprint density at radius 2 is 1.93 bits per heavy atom. The minimum Gasteiger partial charge on any atom is -0.469 e. The second-order valence-electron chi connectivity index (χ2n) is 6.68. The average Bonchev–Trinajstić information content (AvgIpc) is 3.16. The summed E-state index contributed by atoms with van der Waals surface area (Å²) in [6.45, 7) is 2.77. The third-order valence-electron chi connectivity index (χ3n) is 3.81. The number of furan rings is 1. The summed E-state index contributed by atoms with van der Waals surface area (Å²) in [5.41, 5.74) is 0.591. The summed E-state index contributed by atoms with van der Waals surface area (Å²) in [5.74, 6) is 1.92. The fourth-order valence-corrected chi connectivity index (χ4v) is 2.39. The van der Waals surface area contributed by atoms with Crippen molar-refractivity contribution in [1.29, 1.82) is 0 Å². The SMILES string of the molecule is CC(C)CN=C(NCCc1ccco1)NCC(O)c1ccc(OC(F)F)cc1. The normalized spacial score (nSPS) is 13.0. The highest BCUT2D eigenvalue weighted by atomic mass is 19.3. The first-order valence-corrected chi connectivity index (χ1v) is 9.21. The van der Waals surface area contributed by atoms with Gasteiger partial charge in [0, 0.05) is 26.1 Å². The Labute approximate surface area is 163 Å². The van der Waals surface area contributed by atoms with Gasteiger partial charge in [0.15, 0.2) is 5.96 Å². The van der Waals surface area contributed by atoms with Crippen LogP contribution in [0.2, 0.25) is 0 Å². The van der Waals surface area contributed by atoms with Gasteiger partial charge in [-0.15, -0.1) is 0 Å². The van der Waals surface area contributed by atoms with E-state index in [-0.39, 0.29) is 12.3 Å². The fraction of sp³-hybridized carbons (Fsp3) is 0.450. The monoisotopic (exact) mass is 395 g/mol. The van der Waals surface area contributed by atoms with Crippen LogP contribution >= 0.6 is 0 Å². The van der Waals surface area contributed by atoms with Gasteiger partial charge in [-0.3, -0.25) is 4.99 Å². The van der Waals surface area contributed by atoms with Gasteiger partial charge >= 0.3 is 6.61 Å². The molecule has 1 unspecified atom stereocenters. The Hall–Kier alpha value is -2.61. The van der Waals surface area contributed by atoms with Gasteiger partial charge in [-0.25, -0.2) is 0 Å². The highest BCUT2D eigenvalue weighted by molar-refractivity contribution is 5.79. The minimum atomic E-state index is -2.87. The summed E-state index contributed by atoms with van der Waals surface area (Å²) in [5, 5.41) is 16.7. The number of nitrogens with zero attached hydrogens (tertiary/aromatic N) is 1. The van der Waals surface area contributed by atoms with Crippen molar-refractivity contribution in [1.82, 2.24) is 10.6 Å². The Kier molecular flexibility index (Phi) is 8.74. The Balaban J connectivity index is 1.86. The summed E-state index contributed by atoms with van der Waals surface area (Å²) in [6, 6.07) is 9.67. The molecule has 154 valence electrons. The van der Waals surface area contributed by atoms with Crippen molar-refractivity contribution in [3.63, 3.8) is 0 Å². The van der Waals surface area contributed by atoms with Crippen LogP contribution in [0.3, 0.4) is 0 Å². The van der Waals surface area contributed by atoms with E-state index in [2.05, 4.69) is 34.2 Å². The zero-order valence-corrected chi connectivity index (χ0v) is 16.1. The van der Waals surface area contributed by atoms with Gasteiger partial charge in [0.1, 0.15) is 11.5 Å². The first kappa shape index (κ1) is 21.7. The van der Waals surface area contributed by atoms with Crippen molar-refractivity contribution in [2.75, 3.05) is 19.6 Å². The van der Waals surface area contributed by atoms with E-state index in [1.807, 2.05) is 12.1 Å². The number of aliphatic hydroxyl groups excluding tert-OH is 1. The van der Waals surface area contributed by atoms with Gasteiger partial charge in [0.05, 0.1) is 12.4 Å². The van der Waals surface area contributed by atoms with Crippen molar-refractivity contribution in [3.8, 4) is 5.75 Å². The molecule has 0 bridgehead atoms. The molecule has 2 rings (SSSR count). The predicted octanol–water partition coefficient (Wildman–Crippen LogP) is 3.35. The number of rotatable bonds is 10. The van der Waals surface area contributed by atoms with Crippen LogP contribution < -0.4 is 15.4 Å². The molecule has 1 heterocycles. The number of hydrogen-bond donors (Lipinski definition) is 3. The quantitative estimate of drug-likeness (QED) is 0.425. The minimum absolute atomic E-state index is 0.0534. The molecule has 0 aliphatic carbocycles. The molecule has 0 saturated carbocycles. The molecule has 0 radical (unpaired) electrons. The number of guanidine groups is 1. The van der Waals surface area contributed by atoms with E-state index in [1.54, 1.807) is 18.4 Å². The number of alkyl halides is 2. The smallest absolute Gasteiger partial charge is 0.387 e. The Bertz CT molecular complexity index is 704. The number of aliphatic imine (C=N–C) groups is 1. The summed E-state index contributed by atoms with van der Waals surface area (Å²) in [4.78, 5) is 4.50. The first-order chi connectivity index (χ1) is 13.4. The summed E-state index contributed by atoms with van der Waals surface area (Å²) < 4.78 is 34.0. The van der Waals surface area contributed by atoms with Crippen LogP contribution in [0.15, 0.2) is 52.1 Å². The molecular weight excluding hydrogens is 368 g/mol. The van der Waals surface area contributed by atoms with Crippen molar-refractivity contribution < 1.29 is 23.0 Å². The van der Waals surface area contributed by atoms with Gasteiger partial charge in [-0.05, 0) is 35.7 Å². The zero-order chi connectivity index (χ0) is 20.4. The standard InChI is InChI=1S/C20H27F2N3O3/c1-14(2)12-24-20(23-10-9-16-4-3-11-27-16)25-13-18(26)15-5-7-17(8-6-15)28-19(21)22/h3-8,11,14,18-19,26H,9-10,12-13H2,1-2H3,(H2,23,24,25). The van der Waals surface area contributed by atoms with Crippen molar-refractivity contribution >= 4 is 5.96 Å². The molecular formula is C20H27F2N3O3. The van der Waals surface area contributed by atoms with Crippen LogP contribution in [0.1, 0.15) is 31.3 Å². The molecule has 8 heteroatoms. The van der Waals surface area contributed by atoms with Crippen LogP contribution in [-0.2, 0) is 6.42 Å². The van der Waals surface area contributed by atoms with E-state index in [0.717, 1.165) is 5.76 Å². The van der Waals surface area contributed by atoms with Crippen LogP contribution in [0.5, 0.6) is 5.75 Å².